The molecule has 1 aliphatic rings. The van der Waals surface area contributed by atoms with Gasteiger partial charge < -0.3 is 9.73 Å². The fraction of sp³-hybridized carbons (Fsp3) is 0.200. The summed E-state index contributed by atoms with van der Waals surface area (Å²) >= 11 is 12.4. The normalized spacial score (nSPS) is 14.7. The highest BCUT2D eigenvalue weighted by atomic mass is 35.5. The van der Waals surface area contributed by atoms with E-state index in [1.54, 1.807) is 36.4 Å². The SMILES string of the molecule is O=C(NCC=C1CCCc2cnn(Cc3ccc(Cl)cc3Cl)c21)NS(=O)(=O)c1cc2ccccc2o1. The van der Waals surface area contributed by atoms with Crippen LogP contribution in [0.4, 0.5) is 4.79 Å². The number of carbonyl (C=O) groups is 1. The second-order valence-corrected chi connectivity index (χ2v) is 10.9. The lowest BCUT2D eigenvalue weighted by molar-refractivity contribution is 0.246. The number of hydrogen-bond acceptors (Lipinski definition) is 5. The molecular weight excluding hydrogens is 523 g/mol. The van der Waals surface area contributed by atoms with Crippen LogP contribution in [-0.4, -0.2) is 30.8 Å². The van der Waals surface area contributed by atoms with Gasteiger partial charge in [-0.25, -0.2) is 9.52 Å². The first-order chi connectivity index (χ1) is 17.3. The van der Waals surface area contributed by atoms with Gasteiger partial charge in [-0.05, 0) is 54.2 Å². The van der Waals surface area contributed by atoms with Crippen LogP contribution in [0.3, 0.4) is 0 Å². The highest BCUT2D eigenvalue weighted by Crippen LogP contribution is 2.32. The van der Waals surface area contributed by atoms with Gasteiger partial charge in [0, 0.05) is 28.0 Å². The van der Waals surface area contributed by atoms with Crippen LogP contribution in [-0.2, 0) is 23.0 Å². The van der Waals surface area contributed by atoms with E-state index in [0.717, 1.165) is 41.7 Å². The molecule has 0 fully saturated rings. The van der Waals surface area contributed by atoms with Crippen molar-refractivity contribution in [3.05, 3.63) is 87.7 Å². The minimum Gasteiger partial charge on any atom is -0.443 e. The fourth-order valence-corrected chi connectivity index (χ4v) is 5.63. The maximum Gasteiger partial charge on any atom is 0.329 e. The van der Waals surface area contributed by atoms with E-state index in [9.17, 15) is 13.2 Å². The lowest BCUT2D eigenvalue weighted by atomic mass is 9.92. The third-order valence-corrected chi connectivity index (χ3v) is 7.72. The summed E-state index contributed by atoms with van der Waals surface area (Å²) in [6, 6.07) is 12.8. The molecule has 0 atom stereocenters. The minimum atomic E-state index is -4.15. The summed E-state index contributed by atoms with van der Waals surface area (Å²) in [5.74, 6) is 0. The highest BCUT2D eigenvalue weighted by Gasteiger charge is 2.23. The van der Waals surface area contributed by atoms with Gasteiger partial charge in [0.05, 0.1) is 18.4 Å². The number of furan rings is 1. The maximum absolute atomic E-state index is 12.6. The van der Waals surface area contributed by atoms with E-state index in [1.165, 1.54) is 6.07 Å². The predicted octanol–water partition coefficient (Wildman–Crippen LogP) is 5.39. The summed E-state index contributed by atoms with van der Waals surface area (Å²) < 4.78 is 34.4. The number of nitrogens with zero attached hydrogens (tertiary/aromatic N) is 2. The molecule has 0 aliphatic heterocycles. The van der Waals surface area contributed by atoms with Crippen LogP contribution in [0, 0.1) is 0 Å². The number of allylic oxidation sites excluding steroid dienone is 1. The molecule has 0 saturated carbocycles. The monoisotopic (exact) mass is 544 g/mol. The Morgan fingerprint density at radius 3 is 2.78 bits per heavy atom. The quantitative estimate of drug-likeness (QED) is 0.338. The largest absolute Gasteiger partial charge is 0.443 e. The molecule has 186 valence electrons. The van der Waals surface area contributed by atoms with Gasteiger partial charge in [-0.15, -0.1) is 0 Å². The lowest BCUT2D eigenvalue weighted by Gasteiger charge is -2.18. The molecule has 0 bridgehead atoms. The number of benzene rings is 2. The van der Waals surface area contributed by atoms with Crippen molar-refractivity contribution >= 4 is 55.8 Å². The van der Waals surface area contributed by atoms with Crippen molar-refractivity contribution < 1.29 is 17.6 Å². The Morgan fingerprint density at radius 1 is 1.14 bits per heavy atom. The third-order valence-electron chi connectivity index (χ3n) is 5.95. The Balaban J connectivity index is 1.27. The number of hydrogen-bond donors (Lipinski definition) is 2. The summed E-state index contributed by atoms with van der Waals surface area (Å²) in [6.45, 7) is 0.621. The third kappa shape index (κ3) is 5.13. The zero-order chi connectivity index (χ0) is 25.3. The smallest absolute Gasteiger partial charge is 0.329 e. The zero-order valence-corrected chi connectivity index (χ0v) is 21.3. The van der Waals surface area contributed by atoms with Crippen molar-refractivity contribution in [3.8, 4) is 0 Å². The fourth-order valence-electron chi connectivity index (χ4n) is 4.26. The second kappa shape index (κ2) is 10.0. The van der Waals surface area contributed by atoms with Crippen molar-refractivity contribution in [2.75, 3.05) is 6.54 Å². The molecular formula is C25H22Cl2N4O4S. The van der Waals surface area contributed by atoms with E-state index < -0.39 is 16.1 Å². The van der Waals surface area contributed by atoms with Crippen LogP contribution in [0.2, 0.25) is 10.0 Å². The number of fused-ring (bicyclic) bond motifs is 2. The summed E-state index contributed by atoms with van der Waals surface area (Å²) in [5.41, 5.74) is 4.45. The molecule has 4 aromatic rings. The number of halogens is 2. The van der Waals surface area contributed by atoms with Crippen LogP contribution in [0.1, 0.15) is 29.7 Å². The van der Waals surface area contributed by atoms with Gasteiger partial charge in [0.2, 0.25) is 5.09 Å². The highest BCUT2D eigenvalue weighted by molar-refractivity contribution is 7.89. The standard InChI is InChI=1S/C25H22Cl2N4O4S/c26-20-9-8-19(21(27)13-20)15-31-24-16(5-3-6-18(24)14-29-31)10-11-28-25(32)30-36(33,34)23-12-17-4-1-2-7-22(17)35-23/h1-2,4,7-10,12-14H,3,5-6,11,15H2,(H2,28,30,32). The van der Waals surface area contributed by atoms with Crippen molar-refractivity contribution in [3.63, 3.8) is 0 Å². The van der Waals surface area contributed by atoms with Gasteiger partial charge in [-0.2, -0.15) is 13.5 Å². The van der Waals surface area contributed by atoms with Crippen molar-refractivity contribution in [1.82, 2.24) is 19.8 Å². The van der Waals surface area contributed by atoms with E-state index in [2.05, 4.69) is 10.4 Å². The zero-order valence-electron chi connectivity index (χ0n) is 19.0. The summed E-state index contributed by atoms with van der Waals surface area (Å²) in [6.07, 6.45) is 6.41. The molecule has 0 unspecified atom stereocenters. The molecule has 2 amide bonds. The second-order valence-electron chi connectivity index (χ2n) is 8.41. The van der Waals surface area contributed by atoms with E-state index in [0.29, 0.717) is 27.6 Å². The molecule has 0 spiro atoms. The Bertz CT molecular complexity index is 1560. The number of nitrogens with one attached hydrogen (secondary N) is 2. The number of rotatable bonds is 6. The number of carbonyl (C=O) groups excluding carboxylic acids is 1. The minimum absolute atomic E-state index is 0.142. The van der Waals surface area contributed by atoms with E-state index >= 15 is 0 Å². The van der Waals surface area contributed by atoms with Crippen LogP contribution >= 0.6 is 23.2 Å². The number of aryl methyl sites for hydroxylation is 1. The Morgan fingerprint density at radius 2 is 1.97 bits per heavy atom. The first kappa shape index (κ1) is 24.4. The number of aromatic nitrogens is 2. The number of amides is 2. The Hall–Kier alpha value is -3.27. The molecule has 0 radical (unpaired) electrons. The molecule has 2 aromatic heterocycles. The van der Waals surface area contributed by atoms with Crippen LogP contribution in [0.25, 0.3) is 16.5 Å². The first-order valence-corrected chi connectivity index (χ1v) is 13.5. The molecule has 0 saturated heterocycles. The molecule has 5 rings (SSSR count). The molecule has 2 heterocycles. The van der Waals surface area contributed by atoms with Crippen molar-refractivity contribution in [2.45, 2.75) is 30.9 Å². The van der Waals surface area contributed by atoms with Gasteiger partial charge in [0.25, 0.3) is 10.0 Å². The average Bonchev–Trinajstić information content (AvgIpc) is 3.46. The summed E-state index contributed by atoms with van der Waals surface area (Å²) in [5, 5.41) is 8.58. The van der Waals surface area contributed by atoms with Gasteiger partial charge in [0.1, 0.15) is 5.58 Å². The van der Waals surface area contributed by atoms with Gasteiger partial charge >= 0.3 is 6.03 Å². The van der Waals surface area contributed by atoms with Gasteiger partial charge in [-0.3, -0.25) is 4.68 Å². The molecule has 2 aromatic carbocycles. The van der Waals surface area contributed by atoms with Gasteiger partial charge in [0.15, 0.2) is 0 Å². The number of urea groups is 1. The molecule has 11 heteroatoms. The number of para-hydroxylation sites is 1. The predicted molar refractivity (Wildman–Crippen MR) is 139 cm³/mol. The topological polar surface area (TPSA) is 106 Å². The van der Waals surface area contributed by atoms with Crippen LogP contribution in [0.15, 0.2) is 70.3 Å². The van der Waals surface area contributed by atoms with Crippen molar-refractivity contribution in [2.24, 2.45) is 0 Å². The Kier molecular flexibility index (Phi) is 6.79. The van der Waals surface area contributed by atoms with E-state index in [1.807, 2.05) is 27.7 Å². The Labute approximate surface area is 217 Å². The molecule has 2 N–H and O–H groups in total. The van der Waals surface area contributed by atoms with Gasteiger partial charge in [-0.1, -0.05) is 53.5 Å². The van der Waals surface area contributed by atoms with E-state index in [-0.39, 0.29) is 11.6 Å². The molecule has 8 nitrogen and oxygen atoms in total. The summed E-state index contributed by atoms with van der Waals surface area (Å²) in [7, 11) is -4.15. The molecule has 1 aliphatic carbocycles. The van der Waals surface area contributed by atoms with Crippen LogP contribution in [0.5, 0.6) is 0 Å². The maximum atomic E-state index is 12.6. The molecule has 36 heavy (non-hydrogen) atoms. The lowest BCUT2D eigenvalue weighted by Crippen LogP contribution is -2.39. The van der Waals surface area contributed by atoms with Crippen molar-refractivity contribution in [1.29, 1.82) is 0 Å². The van der Waals surface area contributed by atoms with E-state index in [4.69, 9.17) is 27.6 Å². The van der Waals surface area contributed by atoms with Crippen LogP contribution < -0.4 is 10.0 Å². The first-order valence-electron chi connectivity index (χ1n) is 11.3. The average molecular weight is 545 g/mol. The number of sulfonamides is 1. The summed E-state index contributed by atoms with van der Waals surface area (Å²) in [4.78, 5) is 12.3.